The Hall–Kier alpha value is -1.03. The molecule has 1 aromatic heterocycles. The predicted molar refractivity (Wildman–Crippen MR) is 81.0 cm³/mol. The minimum absolute atomic E-state index is 0. The van der Waals surface area contributed by atoms with Gasteiger partial charge in [0.2, 0.25) is 0 Å². The molecule has 2 N–H and O–H groups in total. The molecule has 2 heterocycles. The van der Waals surface area contributed by atoms with Gasteiger partial charge in [0, 0.05) is 16.6 Å². The first-order valence-corrected chi connectivity index (χ1v) is 6.67. The highest BCUT2D eigenvalue weighted by Gasteiger charge is 2.19. The summed E-state index contributed by atoms with van der Waals surface area (Å²) < 4.78 is 0. The van der Waals surface area contributed by atoms with Crippen LogP contribution in [-0.2, 0) is 0 Å². The van der Waals surface area contributed by atoms with Crippen LogP contribution in [0.3, 0.4) is 0 Å². The second kappa shape index (κ2) is 5.95. The molecule has 2 aromatic rings. The van der Waals surface area contributed by atoms with Gasteiger partial charge in [-0.05, 0) is 44.0 Å². The van der Waals surface area contributed by atoms with Crippen molar-refractivity contribution in [1.82, 2.24) is 15.5 Å². The van der Waals surface area contributed by atoms with Crippen LogP contribution in [0, 0.1) is 6.92 Å². The molecule has 0 saturated carbocycles. The molecular weight excluding hydrogens is 281 g/mol. The summed E-state index contributed by atoms with van der Waals surface area (Å²) in [6.07, 6.45) is 2.41. The summed E-state index contributed by atoms with van der Waals surface area (Å²) in [5.74, 6) is 0. The van der Waals surface area contributed by atoms with Gasteiger partial charge in [0.05, 0.1) is 11.4 Å². The molecule has 0 bridgehead atoms. The molecule has 1 fully saturated rings. The topological polar surface area (TPSA) is 40.7 Å². The first kappa shape index (κ1) is 14.4. The van der Waals surface area contributed by atoms with Gasteiger partial charge in [0.1, 0.15) is 0 Å². The lowest BCUT2D eigenvalue weighted by Crippen LogP contribution is -2.12. The Morgan fingerprint density at radius 2 is 2.21 bits per heavy atom. The van der Waals surface area contributed by atoms with Crippen LogP contribution in [0.15, 0.2) is 24.3 Å². The molecule has 0 amide bonds. The molecule has 0 spiro atoms. The third-order valence-electron chi connectivity index (χ3n) is 3.58. The SMILES string of the molecule is Cc1c(Cl)cccc1-c1cc(C2CCCN2)[nH]n1.Cl. The Balaban J connectivity index is 0.00000133. The van der Waals surface area contributed by atoms with Gasteiger partial charge < -0.3 is 5.32 Å². The zero-order valence-electron chi connectivity index (χ0n) is 10.7. The van der Waals surface area contributed by atoms with Crippen molar-refractivity contribution in [3.63, 3.8) is 0 Å². The summed E-state index contributed by atoms with van der Waals surface area (Å²) in [7, 11) is 0. The molecule has 3 rings (SSSR count). The highest BCUT2D eigenvalue weighted by Crippen LogP contribution is 2.29. The van der Waals surface area contributed by atoms with Gasteiger partial charge in [-0.2, -0.15) is 5.10 Å². The highest BCUT2D eigenvalue weighted by atomic mass is 35.5. The van der Waals surface area contributed by atoms with E-state index in [0.717, 1.165) is 28.4 Å². The average Bonchev–Trinajstić information content (AvgIpc) is 3.01. The molecule has 3 nitrogen and oxygen atoms in total. The van der Waals surface area contributed by atoms with Crippen LogP contribution in [0.25, 0.3) is 11.3 Å². The quantitative estimate of drug-likeness (QED) is 0.883. The number of nitrogens with one attached hydrogen (secondary N) is 2. The van der Waals surface area contributed by atoms with Crippen LogP contribution < -0.4 is 5.32 Å². The predicted octanol–water partition coefficient (Wildman–Crippen LogP) is 3.88. The van der Waals surface area contributed by atoms with Crippen LogP contribution in [0.4, 0.5) is 0 Å². The van der Waals surface area contributed by atoms with E-state index in [0.29, 0.717) is 6.04 Å². The van der Waals surface area contributed by atoms with Gasteiger partial charge >= 0.3 is 0 Å². The minimum atomic E-state index is 0. The van der Waals surface area contributed by atoms with Crippen molar-refractivity contribution < 1.29 is 0 Å². The van der Waals surface area contributed by atoms with E-state index < -0.39 is 0 Å². The second-order valence-electron chi connectivity index (χ2n) is 4.77. The van der Waals surface area contributed by atoms with Crippen molar-refractivity contribution >= 4 is 24.0 Å². The van der Waals surface area contributed by atoms with Gasteiger partial charge in [0.25, 0.3) is 0 Å². The first-order chi connectivity index (χ1) is 8.75. The van der Waals surface area contributed by atoms with Gasteiger partial charge in [-0.25, -0.2) is 0 Å². The van der Waals surface area contributed by atoms with E-state index >= 15 is 0 Å². The molecule has 0 aliphatic carbocycles. The molecular formula is C14H17Cl2N3. The smallest absolute Gasteiger partial charge is 0.0927 e. The number of nitrogens with zero attached hydrogens (tertiary/aromatic N) is 1. The summed E-state index contributed by atoms with van der Waals surface area (Å²) in [4.78, 5) is 0. The fourth-order valence-electron chi connectivity index (χ4n) is 2.49. The van der Waals surface area contributed by atoms with E-state index in [-0.39, 0.29) is 12.4 Å². The molecule has 1 aliphatic heterocycles. The molecule has 1 aliphatic rings. The second-order valence-corrected chi connectivity index (χ2v) is 5.18. The zero-order chi connectivity index (χ0) is 12.5. The normalized spacial score (nSPS) is 18.3. The van der Waals surface area contributed by atoms with Crippen molar-refractivity contribution in [2.45, 2.75) is 25.8 Å². The molecule has 0 radical (unpaired) electrons. The van der Waals surface area contributed by atoms with Crippen molar-refractivity contribution in [2.24, 2.45) is 0 Å². The maximum Gasteiger partial charge on any atom is 0.0927 e. The molecule has 1 aromatic carbocycles. The lowest BCUT2D eigenvalue weighted by atomic mass is 10.0. The van der Waals surface area contributed by atoms with Gasteiger partial charge in [-0.3, -0.25) is 5.10 Å². The minimum Gasteiger partial charge on any atom is -0.309 e. The first-order valence-electron chi connectivity index (χ1n) is 6.30. The standard InChI is InChI=1S/C14H16ClN3.ClH/c1-9-10(4-2-5-11(9)15)13-8-14(18-17-13)12-6-3-7-16-12;/h2,4-5,8,12,16H,3,6-7H2,1H3,(H,17,18);1H. The van der Waals surface area contributed by atoms with Crippen molar-refractivity contribution in [1.29, 1.82) is 0 Å². The van der Waals surface area contributed by atoms with Crippen LogP contribution in [0.1, 0.15) is 30.1 Å². The zero-order valence-corrected chi connectivity index (χ0v) is 12.3. The van der Waals surface area contributed by atoms with Crippen LogP contribution in [0.2, 0.25) is 5.02 Å². The summed E-state index contributed by atoms with van der Waals surface area (Å²) >= 11 is 6.15. The highest BCUT2D eigenvalue weighted by molar-refractivity contribution is 6.31. The number of aromatic nitrogens is 2. The maximum absolute atomic E-state index is 6.15. The lowest BCUT2D eigenvalue weighted by molar-refractivity contribution is 0.625. The van der Waals surface area contributed by atoms with Crippen molar-refractivity contribution in [2.75, 3.05) is 6.54 Å². The summed E-state index contributed by atoms with van der Waals surface area (Å²) in [6, 6.07) is 8.48. The van der Waals surface area contributed by atoms with Crippen LogP contribution in [0.5, 0.6) is 0 Å². The van der Waals surface area contributed by atoms with Crippen molar-refractivity contribution in [3.8, 4) is 11.3 Å². The summed E-state index contributed by atoms with van der Waals surface area (Å²) in [5, 5.41) is 11.8. The number of halogens is 2. The summed E-state index contributed by atoms with van der Waals surface area (Å²) in [6.45, 7) is 3.12. The lowest BCUT2D eigenvalue weighted by Gasteiger charge is -2.06. The van der Waals surface area contributed by atoms with Crippen molar-refractivity contribution in [3.05, 3.63) is 40.5 Å². The number of aromatic amines is 1. The van der Waals surface area contributed by atoms with E-state index in [1.54, 1.807) is 0 Å². The van der Waals surface area contributed by atoms with E-state index in [1.807, 2.05) is 19.1 Å². The molecule has 102 valence electrons. The fraction of sp³-hybridized carbons (Fsp3) is 0.357. The molecule has 1 atom stereocenters. The molecule has 1 unspecified atom stereocenters. The number of hydrogen-bond acceptors (Lipinski definition) is 2. The van der Waals surface area contributed by atoms with E-state index in [4.69, 9.17) is 11.6 Å². The van der Waals surface area contributed by atoms with Gasteiger partial charge in [-0.15, -0.1) is 12.4 Å². The maximum atomic E-state index is 6.15. The van der Waals surface area contributed by atoms with E-state index in [1.165, 1.54) is 18.5 Å². The molecule has 5 heteroatoms. The van der Waals surface area contributed by atoms with Gasteiger partial charge in [-0.1, -0.05) is 23.7 Å². The van der Waals surface area contributed by atoms with E-state index in [2.05, 4.69) is 27.6 Å². The average molecular weight is 298 g/mol. The molecule has 1 saturated heterocycles. The van der Waals surface area contributed by atoms with Crippen LogP contribution >= 0.6 is 24.0 Å². The summed E-state index contributed by atoms with van der Waals surface area (Å²) in [5.41, 5.74) is 4.32. The Bertz CT molecular complexity index is 560. The number of rotatable bonds is 2. The monoisotopic (exact) mass is 297 g/mol. The Morgan fingerprint density at radius 1 is 1.37 bits per heavy atom. The Labute approximate surface area is 124 Å². The van der Waals surface area contributed by atoms with Gasteiger partial charge in [0.15, 0.2) is 0 Å². The largest absolute Gasteiger partial charge is 0.309 e. The number of hydrogen-bond donors (Lipinski definition) is 2. The third kappa shape index (κ3) is 2.78. The van der Waals surface area contributed by atoms with E-state index in [9.17, 15) is 0 Å². The molecule has 19 heavy (non-hydrogen) atoms. The fourth-order valence-corrected chi connectivity index (χ4v) is 2.66. The Morgan fingerprint density at radius 3 is 2.95 bits per heavy atom. The van der Waals surface area contributed by atoms with Crippen LogP contribution in [-0.4, -0.2) is 16.7 Å². The third-order valence-corrected chi connectivity index (χ3v) is 3.99. The number of H-pyrrole nitrogens is 1. The number of benzene rings is 1. The Kier molecular flexibility index (Phi) is 4.50.